The van der Waals surface area contributed by atoms with E-state index in [0.717, 1.165) is 0 Å². The second kappa shape index (κ2) is 14.1. The van der Waals surface area contributed by atoms with Crippen molar-refractivity contribution in [3.05, 3.63) is 21.8 Å². The number of benzene rings is 1. The van der Waals surface area contributed by atoms with Crippen LogP contribution in [0.25, 0.3) is 0 Å². The van der Waals surface area contributed by atoms with Crippen LogP contribution in [0.2, 0.25) is 0 Å². The van der Waals surface area contributed by atoms with Gasteiger partial charge in [0.1, 0.15) is 0 Å². The van der Waals surface area contributed by atoms with Gasteiger partial charge in [-0.05, 0) is 67.8 Å². The molecule has 0 radical (unpaired) electrons. The molecule has 1 aromatic carbocycles. The smallest absolute Gasteiger partial charge is 0.255 e. The minimum Gasteiger partial charge on any atom is -0.396 e. The molecular formula is C18H24I3N3O8. The first-order valence-corrected chi connectivity index (χ1v) is 12.5. The van der Waals surface area contributed by atoms with Crippen molar-refractivity contribution in [2.75, 3.05) is 45.3 Å². The highest BCUT2D eigenvalue weighted by atomic mass is 127. The molecule has 14 heteroatoms. The second-order valence-electron chi connectivity index (χ2n) is 6.66. The van der Waals surface area contributed by atoms with E-state index in [-0.39, 0.29) is 46.5 Å². The Kier molecular flexibility index (Phi) is 13.1. The zero-order valence-corrected chi connectivity index (χ0v) is 23.4. The number of hydrogen-bond donors (Lipinski definition) is 7. The van der Waals surface area contributed by atoms with Crippen LogP contribution in [-0.2, 0) is 4.79 Å². The minimum atomic E-state index is -1.17. The molecule has 0 aliphatic heterocycles. The molecule has 0 bridgehead atoms. The summed E-state index contributed by atoms with van der Waals surface area (Å²) >= 11 is 5.57. The van der Waals surface area contributed by atoms with Gasteiger partial charge in [0.05, 0.1) is 62.4 Å². The van der Waals surface area contributed by atoms with E-state index < -0.39 is 43.1 Å². The number of amides is 3. The van der Waals surface area contributed by atoms with Crippen molar-refractivity contribution in [1.82, 2.24) is 10.2 Å². The maximum absolute atomic E-state index is 13.2. The van der Waals surface area contributed by atoms with E-state index in [2.05, 4.69) is 10.6 Å². The zero-order chi connectivity index (χ0) is 24.6. The molecule has 0 heterocycles. The van der Waals surface area contributed by atoms with Crippen molar-refractivity contribution in [2.24, 2.45) is 0 Å². The largest absolute Gasteiger partial charge is 0.396 e. The number of anilines is 1. The first-order chi connectivity index (χ1) is 15.0. The van der Waals surface area contributed by atoms with Crippen LogP contribution in [0, 0.1) is 10.7 Å². The lowest BCUT2D eigenvalue weighted by Gasteiger charge is -2.24. The van der Waals surface area contributed by atoms with Crippen LogP contribution in [0.3, 0.4) is 0 Å². The molecule has 0 aliphatic carbocycles. The number of hydrogen-bond acceptors (Lipinski definition) is 8. The molecule has 0 spiro atoms. The summed E-state index contributed by atoms with van der Waals surface area (Å²) in [5.74, 6) is -1.70. The van der Waals surface area contributed by atoms with Crippen LogP contribution in [-0.4, -0.2) is 100 Å². The van der Waals surface area contributed by atoms with Crippen LogP contribution in [0.15, 0.2) is 0 Å². The predicted molar refractivity (Wildman–Crippen MR) is 140 cm³/mol. The molecule has 0 saturated heterocycles. The molecule has 2 unspecified atom stereocenters. The van der Waals surface area contributed by atoms with E-state index in [1.807, 2.05) is 67.8 Å². The third-order valence-electron chi connectivity index (χ3n) is 4.11. The summed E-state index contributed by atoms with van der Waals surface area (Å²) in [5.41, 5.74) is 0.388. The van der Waals surface area contributed by atoms with Gasteiger partial charge in [-0.1, -0.05) is 0 Å². The van der Waals surface area contributed by atoms with Crippen LogP contribution in [0.4, 0.5) is 5.69 Å². The third kappa shape index (κ3) is 7.84. The molecule has 32 heavy (non-hydrogen) atoms. The van der Waals surface area contributed by atoms with Crippen LogP contribution in [0.5, 0.6) is 0 Å². The van der Waals surface area contributed by atoms with E-state index in [1.54, 1.807) is 0 Å². The number of nitrogens with zero attached hydrogens (tertiary/aromatic N) is 1. The fourth-order valence-electron chi connectivity index (χ4n) is 2.48. The van der Waals surface area contributed by atoms with Gasteiger partial charge in [0.15, 0.2) is 0 Å². The Hall–Kier alpha value is -0.380. The molecular weight excluding hydrogens is 767 g/mol. The number of nitrogens with one attached hydrogen (secondary N) is 2. The molecule has 1 rings (SSSR count). The lowest BCUT2D eigenvalue weighted by Crippen LogP contribution is -2.38. The summed E-state index contributed by atoms with van der Waals surface area (Å²) in [6.07, 6.45) is -2.52. The highest BCUT2D eigenvalue weighted by Crippen LogP contribution is 2.36. The second-order valence-corrected chi connectivity index (χ2v) is 9.89. The number of likely N-dealkylation sites (N-methyl/N-ethyl adjacent to an activating group) is 1. The van der Waals surface area contributed by atoms with Crippen LogP contribution in [0.1, 0.15) is 27.1 Å². The standard InChI is InChI=1S/C18H24I3N3O8/c1-24(5-9(29)7-27)18(32)12-13(19)11(17(31)22-4-8(28)6-26)14(20)16(15(12)21)23-10(30)2-3-25/h8-9,25-29H,2-7H2,1H3,(H,22,31)(H,23,30). The predicted octanol–water partition coefficient (Wildman–Crippen LogP) is -0.671. The SMILES string of the molecule is CN(CC(O)CO)C(=O)c1c(I)c(NC(=O)CCO)c(I)c(C(=O)NCC(O)CO)c1I. The van der Waals surface area contributed by atoms with E-state index in [9.17, 15) is 24.6 Å². The average molecular weight is 791 g/mol. The van der Waals surface area contributed by atoms with Crippen LogP contribution < -0.4 is 10.6 Å². The third-order valence-corrected chi connectivity index (χ3v) is 7.35. The van der Waals surface area contributed by atoms with E-state index in [1.165, 1.54) is 11.9 Å². The zero-order valence-electron chi connectivity index (χ0n) is 16.9. The Morgan fingerprint density at radius 2 is 1.50 bits per heavy atom. The Balaban J connectivity index is 3.57. The number of carbonyl (C=O) groups excluding carboxylic acids is 3. The summed E-state index contributed by atoms with van der Waals surface area (Å²) in [6, 6.07) is 0. The molecule has 0 saturated carbocycles. The van der Waals surface area contributed by atoms with E-state index >= 15 is 0 Å². The van der Waals surface area contributed by atoms with Crippen molar-refractivity contribution in [1.29, 1.82) is 0 Å². The van der Waals surface area contributed by atoms with Crippen molar-refractivity contribution >= 4 is 91.2 Å². The summed E-state index contributed by atoms with van der Waals surface area (Å²) in [7, 11) is 1.42. The monoisotopic (exact) mass is 791 g/mol. The fraction of sp³-hybridized carbons (Fsp3) is 0.500. The average Bonchev–Trinajstić information content (AvgIpc) is 2.74. The molecule has 1 aromatic rings. The highest BCUT2D eigenvalue weighted by Gasteiger charge is 2.30. The normalized spacial score (nSPS) is 12.8. The summed E-state index contributed by atoms with van der Waals surface area (Å²) < 4.78 is 0.973. The molecule has 7 N–H and O–H groups in total. The van der Waals surface area contributed by atoms with Gasteiger partial charge in [0, 0.05) is 23.7 Å². The van der Waals surface area contributed by atoms with Crippen LogP contribution >= 0.6 is 67.8 Å². The Morgan fingerprint density at radius 3 is 2.03 bits per heavy atom. The van der Waals surface area contributed by atoms with Gasteiger partial charge < -0.3 is 41.1 Å². The molecule has 0 aromatic heterocycles. The fourth-order valence-corrected chi connectivity index (χ4v) is 6.86. The summed E-state index contributed by atoms with van der Waals surface area (Å²) in [6.45, 7) is -1.87. The van der Waals surface area contributed by atoms with Gasteiger partial charge in [-0.15, -0.1) is 0 Å². The maximum atomic E-state index is 13.2. The summed E-state index contributed by atoms with van der Waals surface area (Å²) in [4.78, 5) is 39.4. The van der Waals surface area contributed by atoms with Crippen molar-refractivity contribution in [3.8, 4) is 0 Å². The number of aliphatic hydroxyl groups excluding tert-OH is 5. The molecule has 0 aliphatic rings. The minimum absolute atomic E-state index is 0.0792. The molecule has 0 fully saturated rings. The highest BCUT2D eigenvalue weighted by molar-refractivity contribution is 14.1. The Morgan fingerprint density at radius 1 is 0.938 bits per heavy atom. The Bertz CT molecular complexity index is 855. The molecule has 180 valence electrons. The number of rotatable bonds is 11. The van der Waals surface area contributed by atoms with Gasteiger partial charge in [0.2, 0.25) is 5.91 Å². The maximum Gasteiger partial charge on any atom is 0.255 e. The number of carbonyl (C=O) groups is 3. The lowest BCUT2D eigenvalue weighted by atomic mass is 10.1. The molecule has 2 atom stereocenters. The first-order valence-electron chi connectivity index (χ1n) is 9.22. The van der Waals surface area contributed by atoms with Crippen molar-refractivity contribution < 1.29 is 39.9 Å². The summed E-state index contributed by atoms with van der Waals surface area (Å²) in [5, 5.41) is 51.4. The number of halogens is 3. The van der Waals surface area contributed by atoms with Gasteiger partial charge >= 0.3 is 0 Å². The Labute approximate surface area is 225 Å². The van der Waals surface area contributed by atoms with Gasteiger partial charge in [-0.3, -0.25) is 14.4 Å². The van der Waals surface area contributed by atoms with Crippen molar-refractivity contribution in [3.63, 3.8) is 0 Å². The lowest BCUT2D eigenvalue weighted by molar-refractivity contribution is -0.116. The van der Waals surface area contributed by atoms with E-state index in [4.69, 9.17) is 15.3 Å². The topological polar surface area (TPSA) is 180 Å². The quantitative estimate of drug-likeness (QED) is 0.144. The molecule has 3 amide bonds. The van der Waals surface area contributed by atoms with E-state index in [0.29, 0.717) is 7.14 Å². The van der Waals surface area contributed by atoms with Crippen molar-refractivity contribution in [2.45, 2.75) is 18.6 Å². The first kappa shape index (κ1) is 29.7. The molecule has 11 nitrogen and oxygen atoms in total. The van der Waals surface area contributed by atoms with Gasteiger partial charge in [-0.25, -0.2) is 0 Å². The van der Waals surface area contributed by atoms with Gasteiger partial charge in [0.25, 0.3) is 11.8 Å². The van der Waals surface area contributed by atoms with Gasteiger partial charge in [-0.2, -0.15) is 0 Å². The number of aliphatic hydroxyl groups is 5.